The molecule has 5 nitrogen and oxygen atoms in total. The van der Waals surface area contributed by atoms with Crippen molar-refractivity contribution in [2.75, 3.05) is 0 Å². The van der Waals surface area contributed by atoms with Crippen LogP contribution in [0.15, 0.2) is 28.4 Å². The van der Waals surface area contributed by atoms with E-state index in [1.165, 1.54) is 12.5 Å². The third kappa shape index (κ3) is 3.38. The number of carbonyl (C=O) groups excluding carboxylic acids is 2. The number of hydrogen-bond donors (Lipinski definition) is 2. The maximum atomic E-state index is 12.6. The molecule has 0 saturated heterocycles. The number of carbonyl (C=O) groups is 2. The van der Waals surface area contributed by atoms with Crippen LogP contribution in [0.1, 0.15) is 75.7 Å². The summed E-state index contributed by atoms with van der Waals surface area (Å²) in [6.07, 6.45) is 6.37. The fourth-order valence-electron chi connectivity index (χ4n) is 4.03. The largest absolute Gasteiger partial charge is 0.349 e. The number of H-pyrrole nitrogens is 1. The Hall–Kier alpha value is -2.21. The van der Waals surface area contributed by atoms with Gasteiger partial charge in [0.1, 0.15) is 5.56 Å². The van der Waals surface area contributed by atoms with Crippen molar-refractivity contribution in [2.45, 2.75) is 56.9 Å². The summed E-state index contributed by atoms with van der Waals surface area (Å²) < 4.78 is 0. The second kappa shape index (κ2) is 7.19. The quantitative estimate of drug-likeness (QED) is 0.869. The van der Waals surface area contributed by atoms with E-state index in [-0.39, 0.29) is 29.2 Å². The number of fused-ring (bicyclic) bond motifs is 1. The number of thiophene rings is 1. The lowest BCUT2D eigenvalue weighted by Crippen LogP contribution is -2.39. The van der Waals surface area contributed by atoms with Gasteiger partial charge in [-0.15, -0.1) is 11.3 Å². The van der Waals surface area contributed by atoms with Gasteiger partial charge in [-0.05, 0) is 36.8 Å². The first kappa shape index (κ1) is 17.2. The Morgan fingerprint density at radius 1 is 1.15 bits per heavy atom. The first-order chi connectivity index (χ1) is 12.6. The molecular formula is C20H22N2O3S. The molecule has 2 aromatic heterocycles. The van der Waals surface area contributed by atoms with Crippen LogP contribution < -0.4 is 10.9 Å². The average molecular weight is 370 g/mol. The van der Waals surface area contributed by atoms with Crippen LogP contribution in [0.25, 0.3) is 0 Å². The summed E-state index contributed by atoms with van der Waals surface area (Å²) in [5.41, 5.74) is 0.791. The molecule has 0 radical (unpaired) electrons. The second-order valence-corrected chi connectivity index (χ2v) is 8.24. The van der Waals surface area contributed by atoms with E-state index in [1.54, 1.807) is 11.3 Å². The standard InChI is InChI=1S/C20H22N2O3S/c23-17-10-12(18-7-4-8-26-18)9-16-14(17)11-15(20(25)22-16)19(24)21-13-5-2-1-3-6-13/h4,7-8,11-13H,1-3,5-6,9-10H2,(H,21,24)(H,22,25)/t12-/m1/s1. The van der Waals surface area contributed by atoms with Crippen molar-refractivity contribution in [1.29, 1.82) is 0 Å². The van der Waals surface area contributed by atoms with E-state index in [1.807, 2.05) is 17.5 Å². The van der Waals surface area contributed by atoms with Gasteiger partial charge in [0, 0.05) is 34.5 Å². The summed E-state index contributed by atoms with van der Waals surface area (Å²) >= 11 is 1.63. The van der Waals surface area contributed by atoms with Gasteiger partial charge in [0.2, 0.25) is 0 Å². The highest BCUT2D eigenvalue weighted by atomic mass is 32.1. The first-order valence-electron chi connectivity index (χ1n) is 9.25. The van der Waals surface area contributed by atoms with Crippen LogP contribution in [0.2, 0.25) is 0 Å². The Labute approximate surface area is 155 Å². The molecule has 0 aliphatic heterocycles. The van der Waals surface area contributed by atoms with E-state index in [0.29, 0.717) is 24.1 Å². The molecule has 2 aliphatic carbocycles. The lowest BCUT2D eigenvalue weighted by atomic mass is 9.84. The molecule has 136 valence electrons. The number of aromatic nitrogens is 1. The molecule has 2 heterocycles. The smallest absolute Gasteiger partial charge is 0.261 e. The Morgan fingerprint density at radius 2 is 1.96 bits per heavy atom. The minimum Gasteiger partial charge on any atom is -0.349 e. The molecule has 2 aliphatic rings. The fourth-order valence-corrected chi connectivity index (χ4v) is 4.86. The molecule has 1 saturated carbocycles. The summed E-state index contributed by atoms with van der Waals surface area (Å²) in [5.74, 6) is -0.269. The SMILES string of the molecule is O=C1C[C@H](c2cccs2)Cc2[nH]c(=O)c(C(=O)NC3CCCCC3)cc21. The number of amides is 1. The highest BCUT2D eigenvalue weighted by Gasteiger charge is 2.29. The second-order valence-electron chi connectivity index (χ2n) is 7.26. The van der Waals surface area contributed by atoms with Gasteiger partial charge in [-0.2, -0.15) is 0 Å². The predicted octanol–water partition coefficient (Wildman–Crippen LogP) is 3.41. The Morgan fingerprint density at radius 3 is 2.69 bits per heavy atom. The van der Waals surface area contributed by atoms with Crippen LogP contribution in [0, 0.1) is 0 Å². The highest BCUT2D eigenvalue weighted by molar-refractivity contribution is 7.10. The van der Waals surface area contributed by atoms with Gasteiger partial charge in [-0.1, -0.05) is 25.3 Å². The van der Waals surface area contributed by atoms with Crippen molar-refractivity contribution in [2.24, 2.45) is 0 Å². The first-order valence-corrected chi connectivity index (χ1v) is 10.1. The minimum atomic E-state index is -0.406. The van der Waals surface area contributed by atoms with Crippen LogP contribution in [0.3, 0.4) is 0 Å². The van der Waals surface area contributed by atoms with E-state index < -0.39 is 5.56 Å². The van der Waals surface area contributed by atoms with E-state index >= 15 is 0 Å². The van der Waals surface area contributed by atoms with Crippen LogP contribution >= 0.6 is 11.3 Å². The number of aromatic amines is 1. The van der Waals surface area contributed by atoms with Crippen LogP contribution in [-0.2, 0) is 6.42 Å². The van der Waals surface area contributed by atoms with Crippen LogP contribution in [0.5, 0.6) is 0 Å². The molecule has 1 atom stereocenters. The molecule has 0 spiro atoms. The van der Waals surface area contributed by atoms with Crippen molar-refractivity contribution < 1.29 is 9.59 Å². The van der Waals surface area contributed by atoms with E-state index in [4.69, 9.17) is 0 Å². The molecule has 6 heteroatoms. The predicted molar refractivity (Wildman–Crippen MR) is 101 cm³/mol. The summed E-state index contributed by atoms with van der Waals surface area (Å²) in [5, 5.41) is 4.96. The number of Topliss-reactive ketones (excluding diaryl/α,β-unsaturated/α-hetero) is 1. The maximum Gasteiger partial charge on any atom is 0.261 e. The number of ketones is 1. The summed E-state index contributed by atoms with van der Waals surface area (Å²) in [6, 6.07) is 5.63. The minimum absolute atomic E-state index is 0.00684. The summed E-state index contributed by atoms with van der Waals surface area (Å²) in [4.78, 5) is 41.6. The van der Waals surface area contributed by atoms with Gasteiger partial charge < -0.3 is 10.3 Å². The van der Waals surface area contributed by atoms with Gasteiger partial charge in [0.15, 0.2) is 5.78 Å². The molecule has 2 aromatic rings. The maximum absolute atomic E-state index is 12.6. The van der Waals surface area contributed by atoms with Crippen molar-refractivity contribution in [1.82, 2.24) is 10.3 Å². The van der Waals surface area contributed by atoms with Gasteiger partial charge in [-0.25, -0.2) is 0 Å². The van der Waals surface area contributed by atoms with Crippen molar-refractivity contribution in [3.63, 3.8) is 0 Å². The molecule has 0 unspecified atom stereocenters. The molecule has 1 amide bonds. The zero-order valence-electron chi connectivity index (χ0n) is 14.5. The normalized spacial score (nSPS) is 20.6. The lowest BCUT2D eigenvalue weighted by molar-refractivity contribution is 0.0926. The highest BCUT2D eigenvalue weighted by Crippen LogP contribution is 2.33. The Bertz CT molecular complexity index is 879. The Balaban J connectivity index is 1.58. The molecule has 2 N–H and O–H groups in total. The fraction of sp³-hybridized carbons (Fsp3) is 0.450. The molecule has 0 bridgehead atoms. The van der Waals surface area contributed by atoms with E-state index in [9.17, 15) is 14.4 Å². The van der Waals surface area contributed by atoms with Crippen LogP contribution in [0.4, 0.5) is 0 Å². The van der Waals surface area contributed by atoms with E-state index in [0.717, 1.165) is 30.6 Å². The van der Waals surface area contributed by atoms with Crippen LogP contribution in [-0.4, -0.2) is 22.7 Å². The number of hydrogen-bond acceptors (Lipinski definition) is 4. The van der Waals surface area contributed by atoms with Gasteiger partial charge in [0.05, 0.1) is 0 Å². The summed E-state index contributed by atoms with van der Waals surface area (Å²) in [7, 11) is 0. The molecular weight excluding hydrogens is 348 g/mol. The Kier molecular flexibility index (Phi) is 4.76. The van der Waals surface area contributed by atoms with Gasteiger partial charge >= 0.3 is 0 Å². The third-order valence-electron chi connectivity index (χ3n) is 5.44. The topological polar surface area (TPSA) is 79.0 Å². The van der Waals surface area contributed by atoms with Gasteiger partial charge in [-0.3, -0.25) is 14.4 Å². The lowest BCUT2D eigenvalue weighted by Gasteiger charge is -2.24. The molecule has 1 fully saturated rings. The summed E-state index contributed by atoms with van der Waals surface area (Å²) in [6.45, 7) is 0. The van der Waals surface area contributed by atoms with Crippen molar-refractivity contribution in [3.05, 3.63) is 55.6 Å². The molecule has 4 rings (SSSR count). The number of rotatable bonds is 3. The van der Waals surface area contributed by atoms with Gasteiger partial charge in [0.25, 0.3) is 11.5 Å². The van der Waals surface area contributed by atoms with Crippen molar-refractivity contribution in [3.8, 4) is 0 Å². The zero-order chi connectivity index (χ0) is 18.1. The average Bonchev–Trinajstić information content (AvgIpc) is 3.16. The zero-order valence-corrected chi connectivity index (χ0v) is 15.4. The molecule has 26 heavy (non-hydrogen) atoms. The molecule has 0 aromatic carbocycles. The third-order valence-corrected chi connectivity index (χ3v) is 6.47. The van der Waals surface area contributed by atoms with E-state index in [2.05, 4.69) is 10.3 Å². The monoisotopic (exact) mass is 370 g/mol. The number of nitrogens with one attached hydrogen (secondary N) is 2. The van der Waals surface area contributed by atoms with Crippen molar-refractivity contribution >= 4 is 23.0 Å². The number of pyridine rings is 1.